The third kappa shape index (κ3) is 4.96. The number of hydrogen-bond acceptors (Lipinski definition) is 3. The van der Waals surface area contributed by atoms with Gasteiger partial charge in [0.05, 0.1) is 15.7 Å². The quantitative estimate of drug-likeness (QED) is 0.828. The van der Waals surface area contributed by atoms with Crippen molar-refractivity contribution in [2.75, 3.05) is 37.4 Å². The molecule has 2 aromatic rings. The fourth-order valence-corrected chi connectivity index (χ4v) is 2.84. The summed E-state index contributed by atoms with van der Waals surface area (Å²) < 4.78 is 13.2. The summed E-state index contributed by atoms with van der Waals surface area (Å²) in [7, 11) is 3.58. The lowest BCUT2D eigenvalue weighted by atomic mass is 10.2. The Balaban J connectivity index is 1.93. The molecule has 0 spiro atoms. The molecule has 0 unspecified atom stereocenters. The Kier molecular flexibility index (Phi) is 6.45. The SMILES string of the molecule is Cc1cncc(Cl)c1N(C)CCN(C)C(=O)Nc1ccc(F)c(Cl)c1. The summed E-state index contributed by atoms with van der Waals surface area (Å²) in [5, 5.41) is 3.20. The average Bonchev–Trinajstić information content (AvgIpc) is 2.55. The Labute approximate surface area is 156 Å². The molecule has 0 radical (unpaired) electrons. The number of urea groups is 1. The molecule has 1 aromatic heterocycles. The van der Waals surface area contributed by atoms with Crippen LogP contribution in [-0.4, -0.2) is 43.1 Å². The van der Waals surface area contributed by atoms with Gasteiger partial charge >= 0.3 is 6.03 Å². The van der Waals surface area contributed by atoms with Gasteiger partial charge in [0, 0.05) is 45.3 Å². The number of pyridine rings is 1. The largest absolute Gasteiger partial charge is 0.371 e. The predicted molar refractivity (Wildman–Crippen MR) is 100 cm³/mol. The van der Waals surface area contributed by atoms with Crippen LogP contribution in [0.15, 0.2) is 30.6 Å². The summed E-state index contributed by atoms with van der Waals surface area (Å²) in [5.74, 6) is -0.528. The highest BCUT2D eigenvalue weighted by Crippen LogP contribution is 2.27. The van der Waals surface area contributed by atoms with Gasteiger partial charge in [-0.25, -0.2) is 9.18 Å². The summed E-state index contributed by atoms with van der Waals surface area (Å²) in [6.07, 6.45) is 3.33. The number of anilines is 2. The van der Waals surface area contributed by atoms with Crippen LogP contribution in [0.4, 0.5) is 20.6 Å². The molecular weight excluding hydrogens is 366 g/mol. The molecule has 1 N–H and O–H groups in total. The number of hydrogen-bond donors (Lipinski definition) is 1. The van der Waals surface area contributed by atoms with Crippen LogP contribution in [0.3, 0.4) is 0 Å². The van der Waals surface area contributed by atoms with Crippen molar-refractivity contribution < 1.29 is 9.18 Å². The van der Waals surface area contributed by atoms with Crippen LogP contribution in [0.2, 0.25) is 10.0 Å². The summed E-state index contributed by atoms with van der Waals surface area (Å²) in [5.41, 5.74) is 2.28. The van der Waals surface area contributed by atoms with E-state index in [0.29, 0.717) is 23.8 Å². The molecule has 1 heterocycles. The zero-order chi connectivity index (χ0) is 18.6. The third-order valence-electron chi connectivity index (χ3n) is 3.73. The van der Waals surface area contributed by atoms with E-state index in [1.54, 1.807) is 19.4 Å². The molecule has 8 heteroatoms. The fourth-order valence-electron chi connectivity index (χ4n) is 2.31. The molecular formula is C17H19Cl2FN4O. The number of carbonyl (C=O) groups is 1. The minimum Gasteiger partial charge on any atom is -0.371 e. The Hall–Kier alpha value is -2.05. The first kappa shape index (κ1) is 19.3. The van der Waals surface area contributed by atoms with E-state index in [0.717, 1.165) is 11.3 Å². The number of halogens is 3. The summed E-state index contributed by atoms with van der Waals surface area (Å²) in [6, 6.07) is 3.72. The van der Waals surface area contributed by atoms with Crippen molar-refractivity contribution in [2.24, 2.45) is 0 Å². The number of likely N-dealkylation sites (N-methyl/N-ethyl adjacent to an activating group) is 2. The van der Waals surface area contributed by atoms with E-state index < -0.39 is 5.82 Å². The molecule has 5 nitrogen and oxygen atoms in total. The molecule has 0 aliphatic heterocycles. The van der Waals surface area contributed by atoms with Gasteiger partial charge in [0.15, 0.2) is 0 Å². The van der Waals surface area contributed by atoms with Crippen molar-refractivity contribution in [2.45, 2.75) is 6.92 Å². The van der Waals surface area contributed by atoms with Crippen LogP contribution in [0.1, 0.15) is 5.56 Å². The van der Waals surface area contributed by atoms with Gasteiger partial charge in [-0.1, -0.05) is 23.2 Å². The maximum absolute atomic E-state index is 13.2. The number of aryl methyl sites for hydroxylation is 1. The Morgan fingerprint density at radius 2 is 1.92 bits per heavy atom. The number of rotatable bonds is 5. The van der Waals surface area contributed by atoms with Crippen molar-refractivity contribution in [1.82, 2.24) is 9.88 Å². The summed E-state index contributed by atoms with van der Waals surface area (Å²) in [4.78, 5) is 19.8. The molecule has 0 aliphatic rings. The Morgan fingerprint density at radius 3 is 2.56 bits per heavy atom. The van der Waals surface area contributed by atoms with Crippen LogP contribution in [-0.2, 0) is 0 Å². The lowest BCUT2D eigenvalue weighted by Crippen LogP contribution is -2.37. The predicted octanol–water partition coefficient (Wildman–Crippen LogP) is 4.44. The fraction of sp³-hybridized carbons (Fsp3) is 0.294. The van der Waals surface area contributed by atoms with Crippen LogP contribution in [0.5, 0.6) is 0 Å². The maximum atomic E-state index is 13.2. The van der Waals surface area contributed by atoms with Crippen molar-refractivity contribution in [1.29, 1.82) is 0 Å². The number of carbonyl (C=O) groups excluding carboxylic acids is 1. The number of amides is 2. The first-order valence-electron chi connectivity index (χ1n) is 7.58. The van der Waals surface area contributed by atoms with Gasteiger partial charge in [-0.2, -0.15) is 0 Å². The van der Waals surface area contributed by atoms with Crippen molar-refractivity contribution >= 4 is 40.6 Å². The van der Waals surface area contributed by atoms with Crippen LogP contribution in [0, 0.1) is 12.7 Å². The minimum absolute atomic E-state index is 0.0389. The first-order chi connectivity index (χ1) is 11.8. The standard InChI is InChI=1S/C17H19Cl2FN4O/c1-11-9-21-10-14(19)16(11)23(2)6-7-24(3)17(25)22-12-4-5-15(20)13(18)8-12/h4-5,8-10H,6-7H2,1-3H3,(H,22,25). The molecule has 0 saturated carbocycles. The molecule has 0 atom stereocenters. The smallest absolute Gasteiger partial charge is 0.321 e. The second kappa shape index (κ2) is 8.36. The lowest BCUT2D eigenvalue weighted by molar-refractivity contribution is 0.223. The Morgan fingerprint density at radius 1 is 1.20 bits per heavy atom. The van der Waals surface area contributed by atoms with Crippen molar-refractivity contribution in [3.05, 3.63) is 52.0 Å². The first-order valence-corrected chi connectivity index (χ1v) is 8.33. The molecule has 2 amide bonds. The van der Waals surface area contributed by atoms with Gasteiger partial charge in [0.1, 0.15) is 5.82 Å². The van der Waals surface area contributed by atoms with E-state index in [1.165, 1.54) is 23.1 Å². The zero-order valence-electron chi connectivity index (χ0n) is 14.2. The van der Waals surface area contributed by atoms with Gasteiger partial charge in [-0.15, -0.1) is 0 Å². The van der Waals surface area contributed by atoms with Crippen LogP contribution >= 0.6 is 23.2 Å². The molecule has 0 bridgehead atoms. The molecule has 134 valence electrons. The van der Waals surface area contributed by atoms with E-state index in [1.807, 2.05) is 18.9 Å². The van der Waals surface area contributed by atoms with Gasteiger partial charge in [0.25, 0.3) is 0 Å². The normalized spacial score (nSPS) is 10.5. The molecule has 25 heavy (non-hydrogen) atoms. The molecule has 1 aromatic carbocycles. The highest BCUT2D eigenvalue weighted by Gasteiger charge is 2.13. The monoisotopic (exact) mass is 384 g/mol. The summed E-state index contributed by atoms with van der Waals surface area (Å²) in [6.45, 7) is 2.98. The van der Waals surface area contributed by atoms with Crippen LogP contribution in [0.25, 0.3) is 0 Å². The van der Waals surface area contributed by atoms with Crippen LogP contribution < -0.4 is 10.2 Å². The number of aromatic nitrogens is 1. The van der Waals surface area contributed by atoms with Gasteiger partial charge in [0.2, 0.25) is 0 Å². The zero-order valence-corrected chi connectivity index (χ0v) is 15.7. The van der Waals surface area contributed by atoms with E-state index >= 15 is 0 Å². The van der Waals surface area contributed by atoms with Gasteiger partial charge < -0.3 is 15.1 Å². The number of benzene rings is 1. The van der Waals surface area contributed by atoms with Crippen molar-refractivity contribution in [3.8, 4) is 0 Å². The van der Waals surface area contributed by atoms with Crippen molar-refractivity contribution in [3.63, 3.8) is 0 Å². The molecule has 0 fully saturated rings. The van der Waals surface area contributed by atoms with E-state index in [-0.39, 0.29) is 11.1 Å². The van der Waals surface area contributed by atoms with E-state index in [4.69, 9.17) is 23.2 Å². The maximum Gasteiger partial charge on any atom is 0.321 e. The minimum atomic E-state index is -0.528. The molecule has 0 saturated heterocycles. The van der Waals surface area contributed by atoms with E-state index in [2.05, 4.69) is 10.3 Å². The third-order valence-corrected chi connectivity index (χ3v) is 4.29. The summed E-state index contributed by atoms with van der Waals surface area (Å²) >= 11 is 11.9. The number of nitrogens with zero attached hydrogens (tertiary/aromatic N) is 3. The average molecular weight is 385 g/mol. The number of nitrogens with one attached hydrogen (secondary N) is 1. The highest BCUT2D eigenvalue weighted by atomic mass is 35.5. The van der Waals surface area contributed by atoms with E-state index in [9.17, 15) is 9.18 Å². The second-order valence-electron chi connectivity index (χ2n) is 5.69. The Bertz CT molecular complexity index is 752. The van der Waals surface area contributed by atoms with Gasteiger partial charge in [-0.05, 0) is 30.7 Å². The molecule has 0 aliphatic carbocycles. The highest BCUT2D eigenvalue weighted by molar-refractivity contribution is 6.33. The lowest BCUT2D eigenvalue weighted by Gasteiger charge is -2.25. The topological polar surface area (TPSA) is 48.5 Å². The van der Waals surface area contributed by atoms with Gasteiger partial charge in [-0.3, -0.25) is 4.98 Å². The molecule has 2 rings (SSSR count). The second-order valence-corrected chi connectivity index (χ2v) is 6.50.